The maximum absolute atomic E-state index is 12.0. The Morgan fingerprint density at radius 2 is 1.67 bits per heavy atom. The lowest BCUT2D eigenvalue weighted by Crippen LogP contribution is -2.19. The summed E-state index contributed by atoms with van der Waals surface area (Å²) < 4.78 is 22.3. The molecular formula is C14H17N3O3S. The Bertz CT molecular complexity index is 600. The quantitative estimate of drug-likeness (QED) is 0.880. The summed E-state index contributed by atoms with van der Waals surface area (Å²) in [6, 6.07) is 11.0. The number of aromatic nitrogens is 2. The maximum atomic E-state index is 12.0. The number of hydrogen-bond donors (Lipinski definition) is 1. The van der Waals surface area contributed by atoms with E-state index < -0.39 is 16.2 Å². The van der Waals surface area contributed by atoms with E-state index in [2.05, 4.69) is 15.3 Å². The first-order valence-electron chi connectivity index (χ1n) is 6.25. The van der Waals surface area contributed by atoms with E-state index in [9.17, 15) is 4.21 Å². The standard InChI is InChI=1S/C14H17N3O3S/c1-19-11-9-12(20-2)17-13(16-11)14(21(3)18)15-10-7-5-4-6-8-10/h4-9,14-15H,1-3H3. The summed E-state index contributed by atoms with van der Waals surface area (Å²) in [5.41, 5.74) is 0.836. The van der Waals surface area contributed by atoms with Gasteiger partial charge < -0.3 is 14.8 Å². The van der Waals surface area contributed by atoms with Gasteiger partial charge in [0.2, 0.25) is 11.8 Å². The summed E-state index contributed by atoms with van der Waals surface area (Å²) in [6.07, 6.45) is 1.59. The van der Waals surface area contributed by atoms with Crippen LogP contribution in [0.4, 0.5) is 5.69 Å². The third-order valence-electron chi connectivity index (χ3n) is 2.75. The summed E-state index contributed by atoms with van der Waals surface area (Å²) in [7, 11) is 1.79. The van der Waals surface area contributed by atoms with Crippen molar-refractivity contribution in [3.8, 4) is 11.8 Å². The highest BCUT2D eigenvalue weighted by atomic mass is 32.2. The van der Waals surface area contributed by atoms with E-state index >= 15 is 0 Å². The Morgan fingerprint density at radius 1 is 1.10 bits per heavy atom. The van der Waals surface area contributed by atoms with Crippen LogP contribution in [0.2, 0.25) is 0 Å². The first-order chi connectivity index (χ1) is 10.1. The molecule has 0 fully saturated rings. The zero-order valence-corrected chi connectivity index (χ0v) is 12.9. The number of methoxy groups -OCH3 is 2. The number of benzene rings is 1. The molecule has 0 aliphatic rings. The number of nitrogens with one attached hydrogen (secondary N) is 1. The number of anilines is 1. The minimum absolute atomic E-state index is 0.357. The summed E-state index contributed by atoms with van der Waals surface area (Å²) in [6.45, 7) is 0. The van der Waals surface area contributed by atoms with Gasteiger partial charge in [0.05, 0.1) is 20.3 Å². The molecule has 0 spiro atoms. The largest absolute Gasteiger partial charge is 0.481 e. The van der Waals surface area contributed by atoms with E-state index in [1.54, 1.807) is 12.3 Å². The van der Waals surface area contributed by atoms with Gasteiger partial charge in [-0.05, 0) is 12.1 Å². The molecule has 0 aliphatic carbocycles. The Kier molecular flexibility index (Phi) is 5.10. The van der Waals surface area contributed by atoms with Gasteiger partial charge in [-0.15, -0.1) is 0 Å². The number of rotatable bonds is 6. The second kappa shape index (κ2) is 7.03. The lowest BCUT2D eigenvalue weighted by Gasteiger charge is -2.17. The van der Waals surface area contributed by atoms with Gasteiger partial charge >= 0.3 is 0 Å². The van der Waals surface area contributed by atoms with E-state index in [0.717, 1.165) is 5.69 Å². The van der Waals surface area contributed by atoms with Crippen LogP contribution in [0.15, 0.2) is 36.4 Å². The first-order valence-corrected chi connectivity index (χ1v) is 7.87. The fraction of sp³-hybridized carbons (Fsp3) is 0.286. The Labute approximate surface area is 126 Å². The third-order valence-corrected chi connectivity index (χ3v) is 3.75. The molecule has 0 radical (unpaired) electrons. The van der Waals surface area contributed by atoms with E-state index in [4.69, 9.17) is 9.47 Å². The zero-order valence-electron chi connectivity index (χ0n) is 12.1. The van der Waals surface area contributed by atoms with Gasteiger partial charge in [-0.25, -0.2) is 0 Å². The van der Waals surface area contributed by atoms with Gasteiger partial charge in [0.1, 0.15) is 0 Å². The van der Waals surface area contributed by atoms with Gasteiger partial charge in [0.15, 0.2) is 11.2 Å². The molecule has 21 heavy (non-hydrogen) atoms. The minimum atomic E-state index is -1.22. The van der Waals surface area contributed by atoms with Crippen molar-refractivity contribution < 1.29 is 13.7 Å². The molecule has 0 aliphatic heterocycles. The second-order valence-electron chi connectivity index (χ2n) is 4.20. The molecule has 2 aromatic rings. The summed E-state index contributed by atoms with van der Waals surface area (Å²) >= 11 is 0. The van der Waals surface area contributed by atoms with Crippen LogP contribution in [0, 0.1) is 0 Å². The Hall–Kier alpha value is -2.15. The molecule has 112 valence electrons. The summed E-state index contributed by atoms with van der Waals surface area (Å²) in [4.78, 5) is 8.50. The average Bonchev–Trinajstić information content (AvgIpc) is 2.52. The molecule has 7 heteroatoms. The van der Waals surface area contributed by atoms with Crippen molar-refractivity contribution >= 4 is 16.5 Å². The van der Waals surface area contributed by atoms with Crippen molar-refractivity contribution in [1.82, 2.24) is 9.97 Å². The highest BCUT2D eigenvalue weighted by Crippen LogP contribution is 2.23. The van der Waals surface area contributed by atoms with E-state index in [1.165, 1.54) is 14.2 Å². The van der Waals surface area contributed by atoms with Gasteiger partial charge in [0.25, 0.3) is 0 Å². The van der Waals surface area contributed by atoms with Crippen molar-refractivity contribution in [2.75, 3.05) is 25.8 Å². The smallest absolute Gasteiger partial charge is 0.220 e. The molecule has 1 N–H and O–H groups in total. The van der Waals surface area contributed by atoms with E-state index in [-0.39, 0.29) is 0 Å². The maximum Gasteiger partial charge on any atom is 0.220 e. The van der Waals surface area contributed by atoms with Crippen molar-refractivity contribution in [1.29, 1.82) is 0 Å². The molecule has 1 heterocycles. The summed E-state index contributed by atoms with van der Waals surface area (Å²) in [5, 5.41) is 2.60. The third kappa shape index (κ3) is 3.91. The molecule has 1 aromatic carbocycles. The van der Waals surface area contributed by atoms with E-state index in [0.29, 0.717) is 17.6 Å². The normalized spacial score (nSPS) is 13.3. The lowest BCUT2D eigenvalue weighted by molar-refractivity contribution is 0.368. The van der Waals surface area contributed by atoms with E-state index in [1.807, 2.05) is 30.3 Å². The fourth-order valence-electron chi connectivity index (χ4n) is 1.73. The highest BCUT2D eigenvalue weighted by molar-refractivity contribution is 7.84. The van der Waals surface area contributed by atoms with Crippen LogP contribution >= 0.6 is 0 Å². The highest BCUT2D eigenvalue weighted by Gasteiger charge is 2.21. The monoisotopic (exact) mass is 307 g/mol. The fourth-order valence-corrected chi connectivity index (χ4v) is 2.43. The molecular weight excluding hydrogens is 290 g/mol. The van der Waals surface area contributed by atoms with Crippen LogP contribution < -0.4 is 14.8 Å². The predicted octanol–water partition coefficient (Wildman–Crippen LogP) is 1.98. The Morgan fingerprint density at radius 3 is 2.14 bits per heavy atom. The first kappa shape index (κ1) is 15.2. The average molecular weight is 307 g/mol. The van der Waals surface area contributed by atoms with Gasteiger partial charge in [-0.2, -0.15) is 9.97 Å². The minimum Gasteiger partial charge on any atom is -0.481 e. The number of para-hydroxylation sites is 1. The second-order valence-corrected chi connectivity index (χ2v) is 5.67. The number of hydrogen-bond acceptors (Lipinski definition) is 6. The molecule has 6 nitrogen and oxygen atoms in total. The van der Waals surface area contributed by atoms with Crippen molar-refractivity contribution in [3.63, 3.8) is 0 Å². The SMILES string of the molecule is COc1cc(OC)nc(C(Nc2ccccc2)S(C)=O)n1. The van der Waals surface area contributed by atoms with Gasteiger partial charge in [-0.1, -0.05) is 18.2 Å². The van der Waals surface area contributed by atoms with Crippen molar-refractivity contribution in [3.05, 3.63) is 42.2 Å². The molecule has 0 amide bonds. The van der Waals surface area contributed by atoms with Crippen molar-refractivity contribution in [2.24, 2.45) is 0 Å². The van der Waals surface area contributed by atoms with Gasteiger partial charge in [0, 0.05) is 22.7 Å². The van der Waals surface area contributed by atoms with Gasteiger partial charge in [-0.3, -0.25) is 4.21 Å². The number of ether oxygens (including phenoxy) is 2. The molecule has 0 saturated carbocycles. The molecule has 0 saturated heterocycles. The van der Waals surface area contributed by atoms with Crippen LogP contribution in [-0.2, 0) is 10.8 Å². The van der Waals surface area contributed by atoms with Crippen LogP contribution in [0.3, 0.4) is 0 Å². The molecule has 2 atom stereocenters. The number of nitrogens with zero attached hydrogens (tertiary/aromatic N) is 2. The predicted molar refractivity (Wildman–Crippen MR) is 82.0 cm³/mol. The van der Waals surface area contributed by atoms with Crippen LogP contribution in [0.25, 0.3) is 0 Å². The molecule has 1 aromatic heterocycles. The lowest BCUT2D eigenvalue weighted by atomic mass is 10.3. The molecule has 2 rings (SSSR count). The van der Waals surface area contributed by atoms with Crippen LogP contribution in [0.1, 0.15) is 11.2 Å². The van der Waals surface area contributed by atoms with Crippen molar-refractivity contribution in [2.45, 2.75) is 5.37 Å². The van der Waals surface area contributed by atoms with Crippen LogP contribution in [-0.4, -0.2) is 34.7 Å². The molecule has 2 unspecified atom stereocenters. The summed E-state index contributed by atoms with van der Waals surface area (Å²) in [5.74, 6) is 1.08. The van der Waals surface area contributed by atoms with Crippen LogP contribution in [0.5, 0.6) is 11.8 Å². The zero-order chi connectivity index (χ0) is 15.2. The topological polar surface area (TPSA) is 73.3 Å². The molecule has 0 bridgehead atoms. The Balaban J connectivity index is 2.36.